The Kier molecular flexibility index (Phi) is 15.3. The normalized spacial score (nSPS) is 24.7. The van der Waals surface area contributed by atoms with E-state index < -0.39 is 0 Å². The maximum atomic E-state index is 12.1. The van der Waals surface area contributed by atoms with Crippen LogP contribution in [0.25, 0.3) is 0 Å². The molecule has 0 N–H and O–H groups in total. The van der Waals surface area contributed by atoms with E-state index in [9.17, 15) is 19.2 Å². The third kappa shape index (κ3) is 12.3. The summed E-state index contributed by atoms with van der Waals surface area (Å²) < 4.78 is 0. The van der Waals surface area contributed by atoms with Crippen LogP contribution in [0.4, 0.5) is 0 Å². The molecule has 4 amide bonds. The quantitative estimate of drug-likeness (QED) is 0.293. The number of hydrogen-bond donors (Lipinski definition) is 0. The lowest BCUT2D eigenvalue weighted by Gasteiger charge is -2.47. The van der Waals surface area contributed by atoms with Crippen molar-refractivity contribution >= 4 is 23.6 Å². The van der Waals surface area contributed by atoms with Gasteiger partial charge < -0.3 is 19.6 Å². The van der Waals surface area contributed by atoms with Crippen molar-refractivity contribution in [1.82, 2.24) is 19.6 Å². The maximum Gasteiger partial charge on any atom is 0.228 e. The molecule has 0 spiro atoms. The summed E-state index contributed by atoms with van der Waals surface area (Å²) in [7, 11) is 0. The van der Waals surface area contributed by atoms with Gasteiger partial charge in [0.1, 0.15) is 0 Å². The summed E-state index contributed by atoms with van der Waals surface area (Å²) in [5.74, 6) is 2.05. The predicted octanol–water partition coefficient (Wildman–Crippen LogP) is 8.18. The number of hydrogen-bond acceptors (Lipinski definition) is 4. The van der Waals surface area contributed by atoms with Crippen LogP contribution in [0.1, 0.15) is 161 Å². The number of fused-ring (bicyclic) bond motifs is 5. The molecule has 0 aromatic carbocycles. The van der Waals surface area contributed by atoms with Crippen molar-refractivity contribution in [3.05, 3.63) is 0 Å². The van der Waals surface area contributed by atoms with Gasteiger partial charge in [-0.05, 0) is 84.0 Å². The summed E-state index contributed by atoms with van der Waals surface area (Å²) in [6, 6.07) is 1.72. The smallest absolute Gasteiger partial charge is 0.228 e. The lowest BCUT2D eigenvalue weighted by Crippen LogP contribution is -2.53. The van der Waals surface area contributed by atoms with Gasteiger partial charge in [-0.25, -0.2) is 0 Å². The molecule has 8 nitrogen and oxygen atoms in total. The number of piperidine rings is 2. The lowest BCUT2D eigenvalue weighted by molar-refractivity contribution is -0.147. The molecule has 49 heavy (non-hydrogen) atoms. The first-order valence-electron chi connectivity index (χ1n) is 19.7. The molecule has 6 rings (SSSR count). The average Bonchev–Trinajstić information content (AvgIpc) is 3.79. The van der Waals surface area contributed by atoms with Gasteiger partial charge in [-0.15, -0.1) is 0 Å². The fourth-order valence-electron chi connectivity index (χ4n) is 7.76. The van der Waals surface area contributed by atoms with Crippen molar-refractivity contribution in [2.45, 2.75) is 179 Å². The minimum atomic E-state index is -0.230. The van der Waals surface area contributed by atoms with E-state index in [0.29, 0.717) is 35.8 Å². The second kappa shape index (κ2) is 17.4. The molecule has 6 fully saturated rings. The van der Waals surface area contributed by atoms with E-state index in [0.717, 1.165) is 38.6 Å². The second-order valence-corrected chi connectivity index (χ2v) is 19.3. The van der Waals surface area contributed by atoms with Gasteiger partial charge >= 0.3 is 0 Å². The first-order chi connectivity index (χ1) is 22.4. The molecule has 0 aromatic heterocycles. The molecule has 5 saturated heterocycles. The molecule has 0 atom stereocenters. The van der Waals surface area contributed by atoms with Gasteiger partial charge in [0, 0.05) is 72.5 Å². The summed E-state index contributed by atoms with van der Waals surface area (Å²) in [4.78, 5) is 55.5. The fourth-order valence-corrected chi connectivity index (χ4v) is 7.76. The van der Waals surface area contributed by atoms with E-state index in [1.807, 2.05) is 107 Å². The Bertz CT molecular complexity index is 1040. The van der Waals surface area contributed by atoms with E-state index >= 15 is 0 Å². The minimum Gasteiger partial charge on any atom is -0.343 e. The van der Waals surface area contributed by atoms with Gasteiger partial charge in [0.15, 0.2) is 0 Å². The highest BCUT2D eigenvalue weighted by molar-refractivity contribution is 5.83. The standard InChI is InChI=1S/C12H21NO.C11H19NO.C9H17NO.C9H19NO/c1-12(2,3)11(14)13-8-9-4-6-10(13)7-5-9;1-11(2,3)10(13)12-8-4-5-9(12)7-6-8;1-9(2,3)8(11)10-6-4-5-7-10;1-6-10(7-2)8(11)9(3,4)5/h9-10H,4-8H2,1-3H3;8-9H,4-7H2,1-3H3;4-7H2,1-3H3;6-7H2,1-5H3. The Labute approximate surface area is 301 Å². The molecule has 5 heterocycles. The van der Waals surface area contributed by atoms with E-state index in [4.69, 9.17) is 0 Å². The zero-order valence-electron chi connectivity index (χ0n) is 34.3. The van der Waals surface area contributed by atoms with Crippen molar-refractivity contribution in [3.63, 3.8) is 0 Å². The van der Waals surface area contributed by atoms with Crippen molar-refractivity contribution in [2.24, 2.45) is 27.6 Å². The Morgan fingerprint density at radius 2 is 0.918 bits per heavy atom. The van der Waals surface area contributed by atoms with E-state index in [-0.39, 0.29) is 27.6 Å². The van der Waals surface area contributed by atoms with Crippen molar-refractivity contribution in [2.75, 3.05) is 32.7 Å². The van der Waals surface area contributed by atoms with Gasteiger partial charge in [0.25, 0.3) is 0 Å². The number of rotatable bonds is 2. The molecule has 0 unspecified atom stereocenters. The Balaban J connectivity index is 0.000000228. The predicted molar refractivity (Wildman–Crippen MR) is 202 cm³/mol. The summed E-state index contributed by atoms with van der Waals surface area (Å²) >= 11 is 0. The third-order valence-corrected chi connectivity index (χ3v) is 10.7. The van der Waals surface area contributed by atoms with Gasteiger partial charge in [-0.2, -0.15) is 0 Å². The Morgan fingerprint density at radius 3 is 1.20 bits per heavy atom. The largest absolute Gasteiger partial charge is 0.343 e. The van der Waals surface area contributed by atoms with Gasteiger partial charge in [0.05, 0.1) is 0 Å². The molecule has 284 valence electrons. The molecule has 1 saturated carbocycles. The molecule has 8 heteroatoms. The zero-order valence-corrected chi connectivity index (χ0v) is 34.3. The third-order valence-electron chi connectivity index (χ3n) is 10.7. The van der Waals surface area contributed by atoms with Crippen LogP contribution in [0, 0.1) is 27.6 Å². The number of nitrogens with zero attached hydrogens (tertiary/aromatic N) is 4. The first-order valence-corrected chi connectivity index (χ1v) is 19.7. The summed E-state index contributed by atoms with van der Waals surface area (Å²) in [6.07, 6.45) is 12.5. The highest BCUT2D eigenvalue weighted by atomic mass is 16.2. The molecule has 6 aliphatic rings. The molecule has 5 aliphatic heterocycles. The van der Waals surface area contributed by atoms with Crippen molar-refractivity contribution in [1.29, 1.82) is 0 Å². The van der Waals surface area contributed by atoms with Crippen LogP contribution in [0.3, 0.4) is 0 Å². The molecule has 1 aliphatic carbocycles. The van der Waals surface area contributed by atoms with Crippen LogP contribution in [0.15, 0.2) is 0 Å². The molecular formula is C41H76N4O4. The Morgan fingerprint density at radius 1 is 0.531 bits per heavy atom. The van der Waals surface area contributed by atoms with E-state index in [2.05, 4.69) is 9.80 Å². The van der Waals surface area contributed by atoms with Crippen LogP contribution in [-0.2, 0) is 19.2 Å². The fraction of sp³-hybridized carbons (Fsp3) is 0.902. The van der Waals surface area contributed by atoms with Crippen LogP contribution >= 0.6 is 0 Å². The highest BCUT2D eigenvalue weighted by Crippen LogP contribution is 2.40. The molecule has 0 aromatic rings. The monoisotopic (exact) mass is 689 g/mol. The SMILES string of the molecule is CC(C)(C)C(=O)N1C2CCC1CC2.CC(C)(C)C(=O)N1CC2CCC1CC2.CC(C)(C)C(=O)N1CCCC1.CCN(CC)C(=O)C(C)(C)C. The number of carbonyl (C=O) groups is 4. The number of carbonyl (C=O) groups excluding carboxylic acids is 4. The maximum absolute atomic E-state index is 12.1. The summed E-state index contributed by atoms with van der Waals surface area (Å²) in [5.41, 5.74) is -0.807. The highest BCUT2D eigenvalue weighted by Gasteiger charge is 2.45. The van der Waals surface area contributed by atoms with Crippen LogP contribution in [-0.4, -0.2) is 94.1 Å². The molecule has 4 bridgehead atoms. The summed E-state index contributed by atoms with van der Waals surface area (Å²) in [6.45, 7) is 32.5. The summed E-state index contributed by atoms with van der Waals surface area (Å²) in [5, 5.41) is 0. The van der Waals surface area contributed by atoms with Crippen LogP contribution in [0.5, 0.6) is 0 Å². The molecular weight excluding hydrogens is 612 g/mol. The first kappa shape index (κ1) is 43.0. The van der Waals surface area contributed by atoms with Gasteiger partial charge in [0.2, 0.25) is 23.6 Å². The molecule has 0 radical (unpaired) electrons. The van der Waals surface area contributed by atoms with E-state index in [1.54, 1.807) is 0 Å². The van der Waals surface area contributed by atoms with Gasteiger partial charge in [-0.1, -0.05) is 83.1 Å². The van der Waals surface area contributed by atoms with E-state index in [1.165, 1.54) is 64.2 Å². The van der Waals surface area contributed by atoms with Crippen molar-refractivity contribution in [3.8, 4) is 0 Å². The van der Waals surface area contributed by atoms with Gasteiger partial charge in [-0.3, -0.25) is 19.2 Å². The minimum absolute atomic E-state index is 0.189. The van der Waals surface area contributed by atoms with Crippen LogP contribution < -0.4 is 0 Å². The topological polar surface area (TPSA) is 81.2 Å². The lowest BCUT2D eigenvalue weighted by atomic mass is 9.78. The number of likely N-dealkylation sites (tertiary alicyclic amines) is 1. The van der Waals surface area contributed by atoms with Crippen LogP contribution in [0.2, 0.25) is 0 Å². The van der Waals surface area contributed by atoms with Crippen molar-refractivity contribution < 1.29 is 19.2 Å². The average molecular weight is 689 g/mol. The number of amides is 4. The Hall–Kier alpha value is -2.12. The second-order valence-electron chi connectivity index (χ2n) is 19.3. The zero-order chi connectivity index (χ0) is 37.5.